The Kier molecular flexibility index (Phi) is 6.14. The highest BCUT2D eigenvalue weighted by Crippen LogP contribution is 2.24. The molecule has 1 aliphatic rings. The summed E-state index contributed by atoms with van der Waals surface area (Å²) < 4.78 is 10.6. The van der Waals surface area contributed by atoms with Gasteiger partial charge in [0.15, 0.2) is 0 Å². The van der Waals surface area contributed by atoms with Crippen molar-refractivity contribution in [3.05, 3.63) is 53.5 Å². The Hall–Kier alpha value is -3.29. The van der Waals surface area contributed by atoms with Crippen molar-refractivity contribution in [1.82, 2.24) is 15.1 Å². The molecule has 8 heteroatoms. The van der Waals surface area contributed by atoms with E-state index in [9.17, 15) is 14.4 Å². The lowest BCUT2D eigenvalue weighted by Gasteiger charge is -2.22. The van der Waals surface area contributed by atoms with E-state index in [4.69, 9.17) is 9.15 Å². The zero-order chi connectivity index (χ0) is 21.9. The molecule has 0 saturated carbocycles. The summed E-state index contributed by atoms with van der Waals surface area (Å²) in [5, 5.41) is 2.74. The Bertz CT molecular complexity index is 937. The fraction of sp³-hybridized carbons (Fsp3) is 0.409. The minimum atomic E-state index is -1.05. The number of benzene rings is 1. The number of hydrogen-bond donors (Lipinski definition) is 1. The van der Waals surface area contributed by atoms with Crippen molar-refractivity contribution in [2.24, 2.45) is 0 Å². The molecule has 1 saturated heterocycles. The standard InChI is InChI=1S/C22H27N3O5/c1-15-5-8-18(30-15)13-24(3)19(26)14-25-20(27)22(2,23-21(25)28)12-11-16-6-9-17(29-4)10-7-16/h5-10H,11-14H2,1-4H3,(H,23,28)/t22-/m0/s1. The van der Waals surface area contributed by atoms with Crippen LogP contribution in [-0.2, 0) is 22.6 Å². The average molecular weight is 413 g/mol. The SMILES string of the molecule is COc1ccc(CC[C@]2(C)NC(=O)N(CC(=O)N(C)Cc3ccc(C)o3)C2=O)cc1. The van der Waals surface area contributed by atoms with Crippen LogP contribution in [0.5, 0.6) is 5.75 Å². The molecule has 1 aliphatic heterocycles. The third-order valence-corrected chi connectivity index (χ3v) is 5.33. The first-order valence-electron chi connectivity index (χ1n) is 9.78. The molecular weight excluding hydrogens is 386 g/mol. The quantitative estimate of drug-likeness (QED) is 0.672. The van der Waals surface area contributed by atoms with E-state index < -0.39 is 17.5 Å². The van der Waals surface area contributed by atoms with Crippen molar-refractivity contribution < 1.29 is 23.5 Å². The van der Waals surface area contributed by atoms with Gasteiger partial charge < -0.3 is 19.4 Å². The third kappa shape index (κ3) is 4.64. The van der Waals surface area contributed by atoms with E-state index in [0.717, 1.165) is 22.0 Å². The van der Waals surface area contributed by atoms with Crippen LogP contribution in [0.4, 0.5) is 4.79 Å². The van der Waals surface area contributed by atoms with Crippen LogP contribution in [0, 0.1) is 6.92 Å². The monoisotopic (exact) mass is 413 g/mol. The summed E-state index contributed by atoms with van der Waals surface area (Å²) in [5.41, 5.74) is -0.0179. The van der Waals surface area contributed by atoms with Crippen LogP contribution in [0.1, 0.15) is 30.4 Å². The number of ether oxygens (including phenoxy) is 1. The van der Waals surface area contributed by atoms with Crippen LogP contribution in [0.15, 0.2) is 40.8 Å². The summed E-state index contributed by atoms with van der Waals surface area (Å²) in [6, 6.07) is 10.6. The smallest absolute Gasteiger partial charge is 0.325 e. The molecular formula is C22H27N3O5. The maximum Gasteiger partial charge on any atom is 0.325 e. The van der Waals surface area contributed by atoms with Crippen molar-refractivity contribution in [3.63, 3.8) is 0 Å². The predicted octanol–water partition coefficient (Wildman–Crippen LogP) is 2.50. The van der Waals surface area contributed by atoms with Crippen LogP contribution >= 0.6 is 0 Å². The lowest BCUT2D eigenvalue weighted by Crippen LogP contribution is -2.45. The molecule has 8 nitrogen and oxygen atoms in total. The molecule has 3 rings (SSSR count). The van der Waals surface area contributed by atoms with Gasteiger partial charge in [0.05, 0.1) is 13.7 Å². The molecule has 160 valence electrons. The van der Waals surface area contributed by atoms with Crippen LogP contribution in [-0.4, -0.2) is 53.9 Å². The number of methoxy groups -OCH3 is 1. The van der Waals surface area contributed by atoms with Crippen molar-refractivity contribution >= 4 is 17.8 Å². The number of urea groups is 1. The first kappa shape index (κ1) is 21.4. The summed E-state index contributed by atoms with van der Waals surface area (Å²) in [5.74, 6) is 1.43. The first-order valence-corrected chi connectivity index (χ1v) is 9.78. The van der Waals surface area contributed by atoms with Crippen molar-refractivity contribution in [1.29, 1.82) is 0 Å². The van der Waals surface area contributed by atoms with Gasteiger partial charge in [-0.05, 0) is 56.5 Å². The summed E-state index contributed by atoms with van der Waals surface area (Å²) in [6.07, 6.45) is 1.03. The zero-order valence-corrected chi connectivity index (χ0v) is 17.7. The summed E-state index contributed by atoms with van der Waals surface area (Å²) in [4.78, 5) is 40.3. The van der Waals surface area contributed by atoms with Gasteiger partial charge in [0.25, 0.3) is 5.91 Å². The highest BCUT2D eigenvalue weighted by atomic mass is 16.5. The largest absolute Gasteiger partial charge is 0.497 e. The van der Waals surface area contributed by atoms with Gasteiger partial charge in [-0.2, -0.15) is 0 Å². The minimum Gasteiger partial charge on any atom is -0.497 e. The Labute approximate surface area is 175 Å². The minimum absolute atomic E-state index is 0.269. The highest BCUT2D eigenvalue weighted by Gasteiger charge is 2.48. The van der Waals surface area contributed by atoms with Crippen LogP contribution in [0.25, 0.3) is 0 Å². The lowest BCUT2D eigenvalue weighted by atomic mass is 9.93. The topological polar surface area (TPSA) is 92.1 Å². The molecule has 0 unspecified atom stereocenters. The van der Waals surface area contributed by atoms with E-state index in [1.54, 1.807) is 27.1 Å². The van der Waals surface area contributed by atoms with Gasteiger partial charge in [-0.1, -0.05) is 12.1 Å². The molecule has 2 heterocycles. The number of amides is 4. The van der Waals surface area contributed by atoms with Gasteiger partial charge in [0.1, 0.15) is 29.4 Å². The van der Waals surface area contributed by atoms with Crippen LogP contribution < -0.4 is 10.1 Å². The second-order valence-corrected chi connectivity index (χ2v) is 7.76. The van der Waals surface area contributed by atoms with E-state index in [1.165, 1.54) is 4.90 Å². The van der Waals surface area contributed by atoms with Crippen molar-refractivity contribution in [2.75, 3.05) is 20.7 Å². The molecule has 1 aromatic heterocycles. The Balaban J connectivity index is 1.59. The Morgan fingerprint density at radius 3 is 2.50 bits per heavy atom. The molecule has 0 radical (unpaired) electrons. The number of nitrogens with one attached hydrogen (secondary N) is 1. The molecule has 2 aromatic rings. The summed E-state index contributed by atoms with van der Waals surface area (Å²) in [7, 11) is 3.22. The van der Waals surface area contributed by atoms with Gasteiger partial charge in [-0.15, -0.1) is 0 Å². The zero-order valence-electron chi connectivity index (χ0n) is 17.7. The molecule has 0 spiro atoms. The maximum absolute atomic E-state index is 12.9. The molecule has 30 heavy (non-hydrogen) atoms. The van der Waals surface area contributed by atoms with E-state index >= 15 is 0 Å². The number of carbonyl (C=O) groups is 3. The molecule has 0 bridgehead atoms. The van der Waals surface area contributed by atoms with Crippen LogP contribution in [0.3, 0.4) is 0 Å². The fourth-order valence-corrected chi connectivity index (χ4v) is 3.39. The highest BCUT2D eigenvalue weighted by molar-refractivity contribution is 6.08. The molecule has 1 fully saturated rings. The normalized spacial score (nSPS) is 18.5. The molecule has 1 atom stereocenters. The number of aryl methyl sites for hydroxylation is 2. The lowest BCUT2D eigenvalue weighted by molar-refractivity contribution is -0.138. The van der Waals surface area contributed by atoms with Gasteiger partial charge >= 0.3 is 6.03 Å². The summed E-state index contributed by atoms with van der Waals surface area (Å²) >= 11 is 0. The van der Waals surface area contributed by atoms with Gasteiger partial charge in [-0.3, -0.25) is 14.5 Å². The molecule has 1 N–H and O–H groups in total. The summed E-state index contributed by atoms with van der Waals surface area (Å²) in [6.45, 7) is 3.48. The number of likely N-dealkylation sites (N-methyl/N-ethyl adjacent to an activating group) is 1. The third-order valence-electron chi connectivity index (χ3n) is 5.33. The Morgan fingerprint density at radius 1 is 1.20 bits per heavy atom. The fourth-order valence-electron chi connectivity index (χ4n) is 3.39. The molecule has 4 amide bonds. The molecule has 0 aliphatic carbocycles. The first-order chi connectivity index (χ1) is 14.2. The van der Waals surface area contributed by atoms with Gasteiger partial charge in [0, 0.05) is 7.05 Å². The van der Waals surface area contributed by atoms with Crippen molar-refractivity contribution in [3.8, 4) is 5.75 Å². The number of nitrogens with zero attached hydrogens (tertiary/aromatic N) is 2. The van der Waals surface area contributed by atoms with E-state index in [0.29, 0.717) is 18.6 Å². The van der Waals surface area contributed by atoms with Gasteiger partial charge in [-0.25, -0.2) is 4.79 Å². The predicted molar refractivity (Wildman–Crippen MR) is 110 cm³/mol. The number of carbonyl (C=O) groups excluding carboxylic acids is 3. The van der Waals surface area contributed by atoms with E-state index in [-0.39, 0.29) is 19.0 Å². The number of imide groups is 1. The van der Waals surface area contributed by atoms with Gasteiger partial charge in [0.2, 0.25) is 5.91 Å². The second kappa shape index (κ2) is 8.61. The molecule has 1 aromatic carbocycles. The Morgan fingerprint density at radius 2 is 1.90 bits per heavy atom. The maximum atomic E-state index is 12.9. The second-order valence-electron chi connectivity index (χ2n) is 7.76. The number of rotatable bonds is 8. The van der Waals surface area contributed by atoms with Crippen molar-refractivity contribution in [2.45, 2.75) is 38.8 Å². The number of hydrogen-bond acceptors (Lipinski definition) is 5. The van der Waals surface area contributed by atoms with E-state index in [1.807, 2.05) is 37.3 Å². The van der Waals surface area contributed by atoms with Crippen LogP contribution in [0.2, 0.25) is 0 Å². The average Bonchev–Trinajstić information content (AvgIpc) is 3.22. The van der Waals surface area contributed by atoms with E-state index in [2.05, 4.69) is 5.32 Å². The number of furan rings is 1.